The van der Waals surface area contributed by atoms with Crippen LogP contribution in [-0.2, 0) is 9.31 Å². The molecule has 0 aromatic rings. The fourth-order valence-electron chi connectivity index (χ4n) is 3.43. The fraction of sp³-hybridized carbons (Fsp3) is 1.00. The maximum absolute atomic E-state index is 6.17. The van der Waals surface area contributed by atoms with Gasteiger partial charge in [-0.3, -0.25) is 0 Å². The minimum atomic E-state index is -0.168. The van der Waals surface area contributed by atoms with Gasteiger partial charge in [0.25, 0.3) is 0 Å². The van der Waals surface area contributed by atoms with E-state index in [4.69, 9.17) is 9.31 Å². The molecule has 3 fully saturated rings. The van der Waals surface area contributed by atoms with Crippen LogP contribution in [0.25, 0.3) is 0 Å². The maximum Gasteiger partial charge on any atom is 0.461 e. The molecule has 4 heteroatoms. The summed E-state index contributed by atoms with van der Waals surface area (Å²) >= 11 is 0. The Balaban J connectivity index is 1.59. The van der Waals surface area contributed by atoms with Crippen molar-refractivity contribution in [3.8, 4) is 0 Å². The van der Waals surface area contributed by atoms with E-state index in [1.54, 1.807) is 0 Å². The number of piperidine rings is 1. The molecule has 0 aromatic carbocycles. The zero-order valence-corrected chi connectivity index (χ0v) is 12.2. The molecule has 1 saturated carbocycles. The molecule has 2 heterocycles. The number of rotatable bonds is 2. The Kier molecular flexibility index (Phi) is 3.04. The van der Waals surface area contributed by atoms with Gasteiger partial charge < -0.3 is 14.6 Å². The second-order valence-electron chi connectivity index (χ2n) is 7.28. The van der Waals surface area contributed by atoms with Gasteiger partial charge in [0.05, 0.1) is 11.2 Å². The second kappa shape index (κ2) is 4.22. The molecule has 3 aliphatic rings. The second-order valence-corrected chi connectivity index (χ2v) is 7.28. The Morgan fingerprint density at radius 3 is 2.11 bits per heavy atom. The van der Waals surface area contributed by atoms with Gasteiger partial charge in [-0.05, 0) is 77.7 Å². The van der Waals surface area contributed by atoms with Gasteiger partial charge in [-0.1, -0.05) is 0 Å². The van der Waals surface area contributed by atoms with E-state index in [9.17, 15) is 0 Å². The molecule has 0 amide bonds. The lowest BCUT2D eigenvalue weighted by Gasteiger charge is -2.32. The summed E-state index contributed by atoms with van der Waals surface area (Å²) in [5.41, 5.74) is -0.335. The SMILES string of the molecule is CC1(C)OB([C@@H]2C[C@H]2C2CCNCC2)OC1(C)C. The van der Waals surface area contributed by atoms with Crippen LogP contribution in [0.1, 0.15) is 47.0 Å². The average molecular weight is 251 g/mol. The largest absolute Gasteiger partial charge is 0.461 e. The normalized spacial score (nSPS) is 39.0. The van der Waals surface area contributed by atoms with Crippen LogP contribution in [0, 0.1) is 11.8 Å². The lowest BCUT2D eigenvalue weighted by Crippen LogP contribution is -2.41. The Labute approximate surface area is 111 Å². The fourth-order valence-corrected chi connectivity index (χ4v) is 3.43. The monoisotopic (exact) mass is 251 g/mol. The molecule has 0 bridgehead atoms. The first-order valence-electron chi connectivity index (χ1n) is 7.47. The molecule has 1 N–H and O–H groups in total. The minimum absolute atomic E-state index is 0.0369. The highest BCUT2D eigenvalue weighted by Gasteiger charge is 2.60. The Morgan fingerprint density at radius 2 is 1.56 bits per heavy atom. The Hall–Kier alpha value is -0.0551. The summed E-state index contributed by atoms with van der Waals surface area (Å²) in [4.78, 5) is 0. The van der Waals surface area contributed by atoms with Gasteiger partial charge in [-0.15, -0.1) is 0 Å². The third kappa shape index (κ3) is 2.12. The van der Waals surface area contributed by atoms with Crippen LogP contribution in [0.15, 0.2) is 0 Å². The predicted molar refractivity (Wildman–Crippen MR) is 73.5 cm³/mol. The highest BCUT2D eigenvalue weighted by atomic mass is 16.7. The van der Waals surface area contributed by atoms with Crippen LogP contribution in [0.2, 0.25) is 5.82 Å². The first-order chi connectivity index (χ1) is 8.41. The number of nitrogens with one attached hydrogen (secondary N) is 1. The van der Waals surface area contributed by atoms with Crippen molar-refractivity contribution in [2.45, 2.75) is 64.0 Å². The van der Waals surface area contributed by atoms with Crippen molar-refractivity contribution >= 4 is 7.12 Å². The van der Waals surface area contributed by atoms with Crippen LogP contribution in [0.4, 0.5) is 0 Å². The zero-order chi connectivity index (χ0) is 13.0. The summed E-state index contributed by atoms with van der Waals surface area (Å²) in [5, 5.41) is 3.45. The van der Waals surface area contributed by atoms with E-state index in [1.807, 2.05) is 0 Å². The van der Waals surface area contributed by atoms with Gasteiger partial charge >= 0.3 is 7.12 Å². The van der Waals surface area contributed by atoms with E-state index in [1.165, 1.54) is 32.4 Å². The van der Waals surface area contributed by atoms with Gasteiger partial charge in [0.1, 0.15) is 0 Å². The Bertz CT molecular complexity index is 310. The first kappa shape index (κ1) is 13.0. The van der Waals surface area contributed by atoms with E-state index >= 15 is 0 Å². The van der Waals surface area contributed by atoms with Crippen molar-refractivity contribution < 1.29 is 9.31 Å². The summed E-state index contributed by atoms with van der Waals surface area (Å²) in [6, 6.07) is 0. The van der Waals surface area contributed by atoms with Crippen LogP contribution >= 0.6 is 0 Å². The van der Waals surface area contributed by atoms with Gasteiger partial charge in [0.15, 0.2) is 0 Å². The molecule has 0 radical (unpaired) electrons. The zero-order valence-electron chi connectivity index (χ0n) is 12.2. The molecule has 0 unspecified atom stereocenters. The molecule has 3 nitrogen and oxygen atoms in total. The molecule has 0 aromatic heterocycles. The quantitative estimate of drug-likeness (QED) is 0.765. The highest BCUT2D eigenvalue weighted by Crippen LogP contribution is 2.57. The number of hydrogen-bond donors (Lipinski definition) is 1. The van der Waals surface area contributed by atoms with Gasteiger partial charge in [0.2, 0.25) is 0 Å². The Morgan fingerprint density at radius 1 is 1.00 bits per heavy atom. The van der Waals surface area contributed by atoms with Gasteiger partial charge in [0, 0.05) is 0 Å². The summed E-state index contributed by atoms with van der Waals surface area (Å²) < 4.78 is 12.3. The first-order valence-corrected chi connectivity index (χ1v) is 7.47. The smallest absolute Gasteiger partial charge is 0.403 e. The average Bonchev–Trinajstić information content (AvgIpc) is 3.04. The molecule has 0 spiro atoms. The maximum atomic E-state index is 6.17. The molecule has 2 atom stereocenters. The molecule has 102 valence electrons. The summed E-state index contributed by atoms with van der Waals surface area (Å²) in [7, 11) is 0.0369. The van der Waals surface area contributed by atoms with Gasteiger partial charge in [-0.2, -0.15) is 0 Å². The molecular formula is C14H26BNO2. The van der Waals surface area contributed by atoms with Crippen molar-refractivity contribution in [2.24, 2.45) is 11.8 Å². The lowest BCUT2D eigenvalue weighted by atomic mass is 9.77. The molecule has 18 heavy (non-hydrogen) atoms. The standard InChI is InChI=1S/C14H26BNO2/c1-13(2)14(3,4)18-15(17-13)12-9-11(12)10-5-7-16-8-6-10/h10-12,16H,5-9H2,1-4H3/t11-,12+/m0/s1. The predicted octanol–water partition coefficient (Wildman–Crippen LogP) is 2.47. The van der Waals surface area contributed by atoms with Crippen molar-refractivity contribution in [1.29, 1.82) is 0 Å². The van der Waals surface area contributed by atoms with Crippen molar-refractivity contribution in [3.05, 3.63) is 0 Å². The van der Waals surface area contributed by atoms with Gasteiger partial charge in [-0.25, -0.2) is 0 Å². The molecule has 1 aliphatic carbocycles. The van der Waals surface area contributed by atoms with Crippen LogP contribution < -0.4 is 5.32 Å². The van der Waals surface area contributed by atoms with Crippen LogP contribution in [0.3, 0.4) is 0 Å². The molecule has 3 rings (SSSR count). The molecule has 2 aliphatic heterocycles. The molecule has 2 saturated heterocycles. The third-order valence-corrected chi connectivity index (χ3v) is 5.50. The summed E-state index contributed by atoms with van der Waals surface area (Å²) in [6.07, 6.45) is 3.98. The van der Waals surface area contributed by atoms with E-state index < -0.39 is 0 Å². The minimum Gasteiger partial charge on any atom is -0.403 e. The van der Waals surface area contributed by atoms with E-state index in [2.05, 4.69) is 33.0 Å². The van der Waals surface area contributed by atoms with Crippen molar-refractivity contribution in [3.63, 3.8) is 0 Å². The topological polar surface area (TPSA) is 30.5 Å². The third-order valence-electron chi connectivity index (χ3n) is 5.50. The van der Waals surface area contributed by atoms with Crippen molar-refractivity contribution in [2.75, 3.05) is 13.1 Å². The van der Waals surface area contributed by atoms with E-state index in [-0.39, 0.29) is 18.3 Å². The van der Waals surface area contributed by atoms with Crippen molar-refractivity contribution in [1.82, 2.24) is 5.32 Å². The van der Waals surface area contributed by atoms with E-state index in [0.29, 0.717) is 5.82 Å². The van der Waals surface area contributed by atoms with Crippen LogP contribution in [-0.4, -0.2) is 31.4 Å². The van der Waals surface area contributed by atoms with Crippen LogP contribution in [0.5, 0.6) is 0 Å². The number of hydrogen-bond acceptors (Lipinski definition) is 3. The summed E-state index contributed by atoms with van der Waals surface area (Å²) in [5.74, 6) is 2.39. The van der Waals surface area contributed by atoms with E-state index in [0.717, 1.165) is 11.8 Å². The molecular weight excluding hydrogens is 225 g/mol. The highest BCUT2D eigenvalue weighted by molar-refractivity contribution is 6.48. The summed E-state index contributed by atoms with van der Waals surface area (Å²) in [6.45, 7) is 11.0. The lowest BCUT2D eigenvalue weighted by molar-refractivity contribution is 0.00578.